The normalized spacial score (nSPS) is 11.6. The SMILES string of the molecule is CC(C(=O)Nc1ccc(NC(=O)c2cc(Br)ccc2O)cc1)n1cncn1. The highest BCUT2D eigenvalue weighted by Crippen LogP contribution is 2.23. The fourth-order valence-electron chi connectivity index (χ4n) is 2.31. The van der Waals surface area contributed by atoms with Gasteiger partial charge in [0, 0.05) is 15.8 Å². The van der Waals surface area contributed by atoms with E-state index in [0.717, 1.165) is 0 Å². The summed E-state index contributed by atoms with van der Waals surface area (Å²) in [6, 6.07) is 10.8. The Kier molecular flexibility index (Phi) is 5.51. The van der Waals surface area contributed by atoms with Crippen LogP contribution in [0.3, 0.4) is 0 Å². The highest BCUT2D eigenvalue weighted by Gasteiger charge is 2.16. The van der Waals surface area contributed by atoms with Crippen LogP contribution in [0.15, 0.2) is 59.6 Å². The lowest BCUT2D eigenvalue weighted by molar-refractivity contribution is -0.119. The number of phenols is 1. The number of phenolic OH excluding ortho intramolecular Hbond substituents is 1. The number of hydrogen-bond acceptors (Lipinski definition) is 5. The molecule has 1 unspecified atom stereocenters. The molecular formula is C18H16BrN5O3. The zero-order chi connectivity index (χ0) is 19.4. The quantitative estimate of drug-likeness (QED) is 0.576. The number of carbonyl (C=O) groups is 2. The van der Waals surface area contributed by atoms with Gasteiger partial charge in [-0.3, -0.25) is 9.59 Å². The van der Waals surface area contributed by atoms with Crippen molar-refractivity contribution >= 4 is 39.1 Å². The maximum Gasteiger partial charge on any atom is 0.259 e. The Labute approximate surface area is 163 Å². The average Bonchev–Trinajstić information content (AvgIpc) is 3.19. The molecule has 0 bridgehead atoms. The number of benzene rings is 2. The molecule has 8 nitrogen and oxygen atoms in total. The number of rotatable bonds is 5. The van der Waals surface area contributed by atoms with E-state index in [1.165, 1.54) is 29.5 Å². The number of amides is 2. The van der Waals surface area contributed by atoms with E-state index in [0.29, 0.717) is 15.8 Å². The molecule has 2 aromatic carbocycles. The van der Waals surface area contributed by atoms with Crippen LogP contribution in [-0.4, -0.2) is 31.7 Å². The van der Waals surface area contributed by atoms with Crippen LogP contribution in [0, 0.1) is 0 Å². The molecule has 1 heterocycles. The molecule has 1 atom stereocenters. The second-order valence-electron chi connectivity index (χ2n) is 5.73. The molecule has 2 amide bonds. The summed E-state index contributed by atoms with van der Waals surface area (Å²) >= 11 is 3.27. The molecule has 0 radical (unpaired) electrons. The first-order valence-electron chi connectivity index (χ1n) is 7.99. The molecule has 0 aliphatic carbocycles. The Morgan fingerprint density at radius 1 is 1.11 bits per heavy atom. The van der Waals surface area contributed by atoms with Gasteiger partial charge in [0.05, 0.1) is 5.56 Å². The maximum absolute atomic E-state index is 12.3. The topological polar surface area (TPSA) is 109 Å². The highest BCUT2D eigenvalue weighted by atomic mass is 79.9. The van der Waals surface area contributed by atoms with E-state index < -0.39 is 11.9 Å². The molecule has 0 aliphatic heterocycles. The summed E-state index contributed by atoms with van der Waals surface area (Å²) in [4.78, 5) is 28.3. The van der Waals surface area contributed by atoms with Crippen molar-refractivity contribution in [3.63, 3.8) is 0 Å². The third-order valence-corrected chi connectivity index (χ3v) is 4.32. The van der Waals surface area contributed by atoms with E-state index in [-0.39, 0.29) is 17.2 Å². The number of hydrogen-bond donors (Lipinski definition) is 3. The van der Waals surface area contributed by atoms with Crippen LogP contribution < -0.4 is 10.6 Å². The van der Waals surface area contributed by atoms with Crippen LogP contribution in [0.2, 0.25) is 0 Å². The van der Waals surface area contributed by atoms with Gasteiger partial charge in [-0.15, -0.1) is 0 Å². The third-order valence-electron chi connectivity index (χ3n) is 3.83. The minimum absolute atomic E-state index is 0.110. The largest absolute Gasteiger partial charge is 0.507 e. The Morgan fingerprint density at radius 3 is 2.41 bits per heavy atom. The van der Waals surface area contributed by atoms with Crippen molar-refractivity contribution in [2.24, 2.45) is 0 Å². The van der Waals surface area contributed by atoms with Gasteiger partial charge < -0.3 is 15.7 Å². The Balaban J connectivity index is 1.64. The minimum atomic E-state index is -0.508. The van der Waals surface area contributed by atoms with Crippen LogP contribution in [0.1, 0.15) is 23.3 Å². The molecular weight excluding hydrogens is 414 g/mol. The number of nitrogens with zero attached hydrogens (tertiary/aromatic N) is 3. The maximum atomic E-state index is 12.3. The first-order chi connectivity index (χ1) is 12.9. The zero-order valence-corrected chi connectivity index (χ0v) is 15.8. The molecule has 3 rings (SSSR count). The molecule has 0 saturated heterocycles. The summed E-state index contributed by atoms with van der Waals surface area (Å²) in [5.41, 5.74) is 1.26. The van der Waals surface area contributed by atoms with Crippen LogP contribution in [-0.2, 0) is 4.79 Å². The van der Waals surface area contributed by atoms with Crippen molar-refractivity contribution in [3.8, 4) is 5.75 Å². The lowest BCUT2D eigenvalue weighted by Gasteiger charge is -2.12. The number of nitrogens with one attached hydrogen (secondary N) is 2. The molecule has 3 N–H and O–H groups in total. The van der Waals surface area contributed by atoms with Crippen LogP contribution in [0.25, 0.3) is 0 Å². The van der Waals surface area contributed by atoms with E-state index in [1.54, 1.807) is 37.3 Å². The fourth-order valence-corrected chi connectivity index (χ4v) is 2.67. The summed E-state index contributed by atoms with van der Waals surface area (Å²) in [6.45, 7) is 1.71. The zero-order valence-electron chi connectivity index (χ0n) is 14.3. The molecule has 1 aromatic heterocycles. The third kappa shape index (κ3) is 4.50. The van der Waals surface area contributed by atoms with E-state index in [4.69, 9.17) is 0 Å². The van der Waals surface area contributed by atoms with Gasteiger partial charge in [0.25, 0.3) is 5.91 Å². The van der Waals surface area contributed by atoms with Crippen molar-refractivity contribution < 1.29 is 14.7 Å². The molecule has 0 saturated carbocycles. The first kappa shape index (κ1) is 18.6. The molecule has 0 fully saturated rings. The van der Waals surface area contributed by atoms with Crippen molar-refractivity contribution in [3.05, 3.63) is 65.2 Å². The first-order valence-corrected chi connectivity index (χ1v) is 8.78. The monoisotopic (exact) mass is 429 g/mol. The predicted molar refractivity (Wildman–Crippen MR) is 104 cm³/mol. The summed E-state index contributed by atoms with van der Waals surface area (Å²) in [6.07, 6.45) is 2.84. The smallest absolute Gasteiger partial charge is 0.259 e. The number of anilines is 2. The van der Waals surface area contributed by atoms with Crippen molar-refractivity contribution in [2.45, 2.75) is 13.0 Å². The van der Waals surface area contributed by atoms with Crippen molar-refractivity contribution in [1.82, 2.24) is 14.8 Å². The fraction of sp³-hybridized carbons (Fsp3) is 0.111. The van der Waals surface area contributed by atoms with E-state index >= 15 is 0 Å². The summed E-state index contributed by atoms with van der Waals surface area (Å²) in [5, 5.41) is 19.2. The molecule has 27 heavy (non-hydrogen) atoms. The second kappa shape index (κ2) is 8.00. The van der Waals surface area contributed by atoms with Crippen LogP contribution in [0.4, 0.5) is 11.4 Å². The van der Waals surface area contributed by atoms with Gasteiger partial charge >= 0.3 is 0 Å². The van der Waals surface area contributed by atoms with E-state index in [1.807, 2.05) is 0 Å². The summed E-state index contributed by atoms with van der Waals surface area (Å²) < 4.78 is 2.14. The predicted octanol–water partition coefficient (Wildman–Crippen LogP) is 3.20. The van der Waals surface area contributed by atoms with Crippen molar-refractivity contribution in [2.75, 3.05) is 10.6 Å². The molecule has 0 aliphatic rings. The molecule has 3 aromatic rings. The van der Waals surface area contributed by atoms with Gasteiger partial charge in [-0.1, -0.05) is 15.9 Å². The van der Waals surface area contributed by atoms with Gasteiger partial charge in [-0.2, -0.15) is 5.10 Å². The summed E-state index contributed by atoms with van der Waals surface area (Å²) in [7, 11) is 0. The number of halogens is 1. The second-order valence-corrected chi connectivity index (χ2v) is 6.65. The minimum Gasteiger partial charge on any atom is -0.507 e. The number of aromatic hydroxyl groups is 1. The standard InChI is InChI=1S/C18H16BrN5O3/c1-11(24-10-20-9-21-24)17(26)22-13-3-5-14(6-4-13)23-18(27)15-8-12(19)2-7-16(15)25/h2-11,25H,1H3,(H,22,26)(H,23,27). The van der Waals surface area contributed by atoms with Gasteiger partial charge in [-0.05, 0) is 49.4 Å². The number of aromatic nitrogens is 3. The Hall–Kier alpha value is -3.20. The lowest BCUT2D eigenvalue weighted by atomic mass is 10.2. The lowest BCUT2D eigenvalue weighted by Crippen LogP contribution is -2.24. The average molecular weight is 430 g/mol. The Morgan fingerprint density at radius 2 is 1.78 bits per heavy atom. The molecule has 9 heteroatoms. The Bertz CT molecular complexity index is 958. The van der Waals surface area contributed by atoms with Crippen LogP contribution >= 0.6 is 15.9 Å². The van der Waals surface area contributed by atoms with Gasteiger partial charge in [0.2, 0.25) is 5.91 Å². The van der Waals surface area contributed by atoms with Gasteiger partial charge in [0.1, 0.15) is 24.4 Å². The number of carbonyl (C=O) groups excluding carboxylic acids is 2. The molecule has 138 valence electrons. The van der Waals surface area contributed by atoms with Gasteiger partial charge in [-0.25, -0.2) is 9.67 Å². The van der Waals surface area contributed by atoms with Gasteiger partial charge in [0.15, 0.2) is 0 Å². The highest BCUT2D eigenvalue weighted by molar-refractivity contribution is 9.10. The molecule has 0 spiro atoms. The van der Waals surface area contributed by atoms with E-state index in [2.05, 4.69) is 36.6 Å². The van der Waals surface area contributed by atoms with Crippen molar-refractivity contribution in [1.29, 1.82) is 0 Å². The summed E-state index contributed by atoms with van der Waals surface area (Å²) in [5.74, 6) is -0.789. The van der Waals surface area contributed by atoms with Crippen LogP contribution in [0.5, 0.6) is 5.75 Å². The van der Waals surface area contributed by atoms with E-state index in [9.17, 15) is 14.7 Å².